The quantitative estimate of drug-likeness (QED) is 0.417. The van der Waals surface area contributed by atoms with Crippen LogP contribution in [-0.2, 0) is 11.3 Å². The maximum Gasteiger partial charge on any atom is 0.227 e. The van der Waals surface area contributed by atoms with Crippen LogP contribution in [0.2, 0.25) is 0 Å². The molecule has 0 saturated carbocycles. The second-order valence-electron chi connectivity index (χ2n) is 8.25. The van der Waals surface area contributed by atoms with Gasteiger partial charge in [0, 0.05) is 54.2 Å². The van der Waals surface area contributed by atoms with Crippen molar-refractivity contribution in [1.29, 1.82) is 0 Å². The molecule has 2 aliphatic rings. The van der Waals surface area contributed by atoms with Crippen molar-refractivity contribution < 1.29 is 4.74 Å². The standard InChI is InChI=1S/C25H25N7OS/c26-18-3-1-2-17(16-18)22-23(32-12-15-34-25(32)30-22)21-8-9-27-24(29-21)28-19-4-6-20(7-5-19)31-10-13-33-14-11-31/h1-9,16H,10-15,26H2,(H,27,28,29). The van der Waals surface area contributed by atoms with Crippen molar-refractivity contribution in [3.63, 3.8) is 0 Å². The van der Waals surface area contributed by atoms with Gasteiger partial charge in [-0.15, -0.1) is 0 Å². The Morgan fingerprint density at radius 1 is 0.971 bits per heavy atom. The van der Waals surface area contributed by atoms with Gasteiger partial charge in [0.1, 0.15) is 0 Å². The summed E-state index contributed by atoms with van der Waals surface area (Å²) in [6, 6.07) is 18.2. The van der Waals surface area contributed by atoms with E-state index >= 15 is 0 Å². The summed E-state index contributed by atoms with van der Waals surface area (Å²) in [7, 11) is 0. The minimum absolute atomic E-state index is 0.552. The molecule has 34 heavy (non-hydrogen) atoms. The fourth-order valence-corrected chi connectivity index (χ4v) is 5.33. The zero-order valence-electron chi connectivity index (χ0n) is 18.6. The number of nitrogens with zero attached hydrogens (tertiary/aromatic N) is 5. The molecule has 0 atom stereocenters. The van der Waals surface area contributed by atoms with Crippen LogP contribution in [0.3, 0.4) is 0 Å². The van der Waals surface area contributed by atoms with Crippen molar-refractivity contribution >= 4 is 34.8 Å². The number of morpholine rings is 1. The summed E-state index contributed by atoms with van der Waals surface area (Å²) in [4.78, 5) is 16.6. The van der Waals surface area contributed by atoms with Gasteiger partial charge in [-0.05, 0) is 42.5 Å². The molecular weight excluding hydrogens is 446 g/mol. The molecular formula is C25H25N7OS. The molecule has 0 bridgehead atoms. The van der Waals surface area contributed by atoms with Gasteiger partial charge in [-0.3, -0.25) is 0 Å². The SMILES string of the molecule is Nc1cccc(-c2nc3n(c2-c2ccnc(Nc4ccc(N5CCOCC5)cc4)n2)CCS3)c1. The van der Waals surface area contributed by atoms with Gasteiger partial charge in [0.25, 0.3) is 0 Å². The van der Waals surface area contributed by atoms with Gasteiger partial charge in [-0.1, -0.05) is 23.9 Å². The highest BCUT2D eigenvalue weighted by Gasteiger charge is 2.25. The normalized spacial score (nSPS) is 15.4. The van der Waals surface area contributed by atoms with E-state index in [-0.39, 0.29) is 0 Å². The number of imidazole rings is 1. The minimum atomic E-state index is 0.552. The highest BCUT2D eigenvalue weighted by molar-refractivity contribution is 7.99. The van der Waals surface area contributed by atoms with E-state index < -0.39 is 0 Å². The molecule has 0 unspecified atom stereocenters. The molecule has 0 radical (unpaired) electrons. The van der Waals surface area contributed by atoms with Crippen LogP contribution in [0.15, 0.2) is 66.0 Å². The predicted molar refractivity (Wildman–Crippen MR) is 137 cm³/mol. The molecule has 3 N–H and O–H groups in total. The van der Waals surface area contributed by atoms with Gasteiger partial charge >= 0.3 is 0 Å². The Labute approximate surface area is 202 Å². The van der Waals surface area contributed by atoms with Crippen LogP contribution in [0.25, 0.3) is 22.6 Å². The van der Waals surface area contributed by atoms with Crippen LogP contribution in [-0.4, -0.2) is 51.6 Å². The van der Waals surface area contributed by atoms with Crippen molar-refractivity contribution in [3.05, 3.63) is 60.8 Å². The lowest BCUT2D eigenvalue weighted by atomic mass is 10.1. The van der Waals surface area contributed by atoms with E-state index in [0.717, 1.165) is 77.8 Å². The first-order chi connectivity index (χ1) is 16.7. The van der Waals surface area contributed by atoms with E-state index in [0.29, 0.717) is 5.95 Å². The number of nitrogens with one attached hydrogen (secondary N) is 1. The fraction of sp³-hybridized carbons (Fsp3) is 0.240. The van der Waals surface area contributed by atoms with Crippen molar-refractivity contribution in [1.82, 2.24) is 19.5 Å². The number of fused-ring (bicyclic) bond motifs is 1. The minimum Gasteiger partial charge on any atom is -0.399 e. The monoisotopic (exact) mass is 471 g/mol. The number of benzene rings is 2. The fourth-order valence-electron chi connectivity index (χ4n) is 4.38. The van der Waals surface area contributed by atoms with E-state index in [2.05, 4.69) is 44.0 Å². The number of rotatable bonds is 5. The summed E-state index contributed by atoms with van der Waals surface area (Å²) in [5, 5.41) is 4.37. The zero-order chi connectivity index (χ0) is 22.9. The lowest BCUT2D eigenvalue weighted by Gasteiger charge is -2.28. The molecule has 1 saturated heterocycles. The first-order valence-electron chi connectivity index (χ1n) is 11.4. The molecule has 8 nitrogen and oxygen atoms in total. The van der Waals surface area contributed by atoms with Crippen LogP contribution < -0.4 is 16.0 Å². The number of anilines is 4. The second-order valence-corrected chi connectivity index (χ2v) is 9.32. The van der Waals surface area contributed by atoms with Gasteiger partial charge < -0.3 is 25.3 Å². The summed E-state index contributed by atoms with van der Waals surface area (Å²) in [6.07, 6.45) is 1.79. The zero-order valence-corrected chi connectivity index (χ0v) is 19.5. The molecule has 1 fully saturated rings. The Bertz CT molecular complexity index is 1320. The van der Waals surface area contributed by atoms with E-state index in [4.69, 9.17) is 20.4 Å². The average Bonchev–Trinajstić information content (AvgIpc) is 3.47. The van der Waals surface area contributed by atoms with Gasteiger partial charge in [0.05, 0.1) is 30.3 Å². The van der Waals surface area contributed by atoms with Gasteiger partial charge in [-0.25, -0.2) is 15.0 Å². The molecule has 4 aromatic rings. The first kappa shape index (κ1) is 21.0. The van der Waals surface area contributed by atoms with Crippen molar-refractivity contribution in [2.24, 2.45) is 0 Å². The Morgan fingerprint density at radius 2 is 1.82 bits per heavy atom. The second kappa shape index (κ2) is 9.00. The van der Waals surface area contributed by atoms with Gasteiger partial charge in [0.15, 0.2) is 5.16 Å². The molecule has 0 amide bonds. The molecule has 4 heterocycles. The van der Waals surface area contributed by atoms with Gasteiger partial charge in [-0.2, -0.15) is 0 Å². The number of thioether (sulfide) groups is 1. The largest absolute Gasteiger partial charge is 0.399 e. The van der Waals surface area contributed by atoms with Crippen molar-refractivity contribution in [2.75, 3.05) is 48.0 Å². The highest BCUT2D eigenvalue weighted by Crippen LogP contribution is 2.39. The number of nitrogen functional groups attached to an aromatic ring is 1. The third kappa shape index (κ3) is 4.08. The molecule has 0 aliphatic carbocycles. The number of aromatic nitrogens is 4. The predicted octanol–water partition coefficient (Wildman–Crippen LogP) is 4.28. The first-order valence-corrected chi connectivity index (χ1v) is 12.4. The van der Waals surface area contributed by atoms with E-state index in [1.807, 2.05) is 30.3 Å². The topological polar surface area (TPSA) is 94.1 Å². The third-order valence-electron chi connectivity index (χ3n) is 6.04. The maximum absolute atomic E-state index is 6.06. The average molecular weight is 472 g/mol. The summed E-state index contributed by atoms with van der Waals surface area (Å²) in [5.74, 6) is 1.56. The lowest BCUT2D eigenvalue weighted by Crippen LogP contribution is -2.36. The smallest absolute Gasteiger partial charge is 0.227 e. The van der Waals surface area contributed by atoms with E-state index in [1.165, 1.54) is 5.69 Å². The van der Waals surface area contributed by atoms with Crippen LogP contribution in [0.4, 0.5) is 23.0 Å². The molecule has 6 rings (SSSR count). The van der Waals surface area contributed by atoms with Crippen molar-refractivity contribution in [2.45, 2.75) is 11.7 Å². The van der Waals surface area contributed by atoms with E-state index in [9.17, 15) is 0 Å². The molecule has 2 aromatic carbocycles. The van der Waals surface area contributed by atoms with Crippen LogP contribution in [0.1, 0.15) is 0 Å². The van der Waals surface area contributed by atoms with E-state index in [1.54, 1.807) is 18.0 Å². The number of nitrogens with two attached hydrogens (primary N) is 1. The Hall–Kier alpha value is -3.56. The van der Waals surface area contributed by atoms with Crippen LogP contribution in [0.5, 0.6) is 0 Å². The summed E-state index contributed by atoms with van der Waals surface area (Å²) < 4.78 is 7.69. The molecule has 0 spiro atoms. The molecule has 9 heteroatoms. The molecule has 172 valence electrons. The highest BCUT2D eigenvalue weighted by atomic mass is 32.2. The van der Waals surface area contributed by atoms with Crippen LogP contribution in [0, 0.1) is 0 Å². The number of ether oxygens (including phenoxy) is 1. The van der Waals surface area contributed by atoms with Gasteiger partial charge in [0.2, 0.25) is 5.95 Å². The summed E-state index contributed by atoms with van der Waals surface area (Å²) >= 11 is 1.77. The molecule has 2 aromatic heterocycles. The number of hydrogen-bond acceptors (Lipinski definition) is 8. The Kier molecular flexibility index (Phi) is 5.56. The van der Waals surface area contributed by atoms with Crippen LogP contribution >= 0.6 is 11.8 Å². The Balaban J connectivity index is 1.30. The number of hydrogen-bond donors (Lipinski definition) is 2. The lowest BCUT2D eigenvalue weighted by molar-refractivity contribution is 0.122. The Morgan fingerprint density at radius 3 is 2.65 bits per heavy atom. The summed E-state index contributed by atoms with van der Waals surface area (Å²) in [6.45, 7) is 4.28. The van der Waals surface area contributed by atoms with Crippen molar-refractivity contribution in [3.8, 4) is 22.6 Å². The maximum atomic E-state index is 6.06. The molecule has 2 aliphatic heterocycles. The summed E-state index contributed by atoms with van der Waals surface area (Å²) in [5.41, 5.74) is 12.6. The third-order valence-corrected chi connectivity index (χ3v) is 6.99.